The maximum atomic E-state index is 11.6. The van der Waals surface area contributed by atoms with Crippen molar-refractivity contribution in [2.75, 3.05) is 7.11 Å². The minimum Gasteiger partial charge on any atom is -0.270 e. The van der Waals surface area contributed by atoms with Crippen molar-refractivity contribution in [3.8, 4) is 0 Å². The van der Waals surface area contributed by atoms with Gasteiger partial charge in [-0.25, -0.2) is 0 Å². The van der Waals surface area contributed by atoms with Crippen molar-refractivity contribution in [1.82, 2.24) is 0 Å². The van der Waals surface area contributed by atoms with Gasteiger partial charge in [-0.3, -0.25) is 4.18 Å². The molecule has 0 amide bonds. The van der Waals surface area contributed by atoms with E-state index in [1.54, 1.807) is 12.1 Å². The molecule has 1 unspecified atom stereocenters. The third-order valence-electron chi connectivity index (χ3n) is 4.95. The summed E-state index contributed by atoms with van der Waals surface area (Å²) in [5.74, 6) is 0.466. The second-order valence-corrected chi connectivity index (χ2v) is 8.77. The molecule has 0 aromatic heterocycles. The van der Waals surface area contributed by atoms with E-state index in [0.717, 1.165) is 6.42 Å². The lowest BCUT2D eigenvalue weighted by Crippen LogP contribution is -2.03. The van der Waals surface area contributed by atoms with Gasteiger partial charge >= 0.3 is 0 Å². The van der Waals surface area contributed by atoms with E-state index in [4.69, 9.17) is 0 Å². The lowest BCUT2D eigenvalue weighted by Gasteiger charge is -2.12. The summed E-state index contributed by atoms with van der Waals surface area (Å²) in [5.41, 5.74) is 1.20. The first kappa shape index (κ1) is 22.2. The highest BCUT2D eigenvalue weighted by molar-refractivity contribution is 7.86. The van der Waals surface area contributed by atoms with E-state index in [0.29, 0.717) is 5.92 Å². The van der Waals surface area contributed by atoms with Crippen LogP contribution in [0.15, 0.2) is 29.2 Å². The molecule has 25 heavy (non-hydrogen) atoms. The maximum absolute atomic E-state index is 11.6. The molecule has 1 rings (SSSR count). The van der Waals surface area contributed by atoms with E-state index in [1.165, 1.54) is 76.9 Å². The minimum atomic E-state index is -3.58. The molecule has 0 fully saturated rings. The summed E-state index contributed by atoms with van der Waals surface area (Å²) in [7, 11) is -2.39. The lowest BCUT2D eigenvalue weighted by molar-refractivity contribution is 0.397. The third-order valence-corrected chi connectivity index (χ3v) is 6.24. The second kappa shape index (κ2) is 12.5. The lowest BCUT2D eigenvalue weighted by atomic mass is 9.94. The molecule has 1 aromatic rings. The van der Waals surface area contributed by atoms with Crippen LogP contribution in [0.5, 0.6) is 0 Å². The van der Waals surface area contributed by atoms with Crippen LogP contribution < -0.4 is 0 Å². The van der Waals surface area contributed by atoms with Crippen molar-refractivity contribution < 1.29 is 12.6 Å². The van der Waals surface area contributed by atoms with Crippen LogP contribution in [0.2, 0.25) is 0 Å². The summed E-state index contributed by atoms with van der Waals surface area (Å²) >= 11 is 0. The monoisotopic (exact) mass is 368 g/mol. The van der Waals surface area contributed by atoms with Crippen LogP contribution in [-0.4, -0.2) is 15.5 Å². The highest BCUT2D eigenvalue weighted by atomic mass is 32.2. The van der Waals surface area contributed by atoms with Crippen LogP contribution >= 0.6 is 0 Å². The zero-order chi connectivity index (χ0) is 18.5. The summed E-state index contributed by atoms with van der Waals surface area (Å²) in [6, 6.07) is 7.10. The van der Waals surface area contributed by atoms with E-state index in [9.17, 15) is 8.42 Å². The first-order chi connectivity index (χ1) is 12.0. The molecule has 0 aliphatic rings. The highest BCUT2D eigenvalue weighted by Crippen LogP contribution is 2.24. The van der Waals surface area contributed by atoms with Gasteiger partial charge in [-0.05, 0) is 30.0 Å². The predicted molar refractivity (Wildman–Crippen MR) is 106 cm³/mol. The summed E-state index contributed by atoms with van der Waals surface area (Å²) < 4.78 is 27.8. The Morgan fingerprint density at radius 3 is 1.80 bits per heavy atom. The average molecular weight is 369 g/mol. The fourth-order valence-electron chi connectivity index (χ4n) is 3.16. The molecule has 4 heteroatoms. The number of unbranched alkanes of at least 4 members (excludes halogenated alkanes) is 9. The number of hydrogen-bond donors (Lipinski definition) is 0. The normalized spacial score (nSPS) is 13.1. The molecule has 0 saturated heterocycles. The summed E-state index contributed by atoms with van der Waals surface area (Å²) in [6.07, 6.45) is 14.7. The van der Waals surface area contributed by atoms with E-state index in [2.05, 4.69) is 18.0 Å². The van der Waals surface area contributed by atoms with Crippen LogP contribution in [0.25, 0.3) is 0 Å². The van der Waals surface area contributed by atoms with Gasteiger partial charge in [0, 0.05) is 0 Å². The van der Waals surface area contributed by atoms with Crippen LogP contribution in [0.1, 0.15) is 96.0 Å². The Balaban J connectivity index is 2.17. The Bertz CT molecular complexity index is 549. The largest absolute Gasteiger partial charge is 0.296 e. The van der Waals surface area contributed by atoms with Crippen molar-refractivity contribution >= 4 is 10.1 Å². The molecule has 144 valence electrons. The minimum absolute atomic E-state index is 0.227. The molecule has 0 aliphatic carbocycles. The molecule has 1 atom stereocenters. The first-order valence-electron chi connectivity index (χ1n) is 9.92. The van der Waals surface area contributed by atoms with E-state index in [1.807, 2.05) is 12.1 Å². The van der Waals surface area contributed by atoms with Crippen LogP contribution in [-0.2, 0) is 14.3 Å². The third kappa shape index (κ3) is 8.87. The molecule has 0 bridgehead atoms. The van der Waals surface area contributed by atoms with E-state index >= 15 is 0 Å². The van der Waals surface area contributed by atoms with Crippen LogP contribution in [0.3, 0.4) is 0 Å². The number of hydrogen-bond acceptors (Lipinski definition) is 3. The smallest absolute Gasteiger partial charge is 0.270 e. The number of rotatable bonds is 14. The van der Waals surface area contributed by atoms with Gasteiger partial charge in [0.05, 0.1) is 12.0 Å². The van der Waals surface area contributed by atoms with Crippen molar-refractivity contribution in [2.24, 2.45) is 0 Å². The topological polar surface area (TPSA) is 43.4 Å². The zero-order valence-corrected chi connectivity index (χ0v) is 17.1. The maximum Gasteiger partial charge on any atom is 0.296 e. The van der Waals surface area contributed by atoms with Gasteiger partial charge in [0.15, 0.2) is 0 Å². The van der Waals surface area contributed by atoms with Gasteiger partial charge in [-0.15, -0.1) is 0 Å². The Kier molecular flexibility index (Phi) is 11.1. The van der Waals surface area contributed by atoms with Gasteiger partial charge < -0.3 is 0 Å². The van der Waals surface area contributed by atoms with Gasteiger partial charge in [-0.2, -0.15) is 8.42 Å². The first-order valence-corrected chi connectivity index (χ1v) is 11.3. The van der Waals surface area contributed by atoms with Crippen LogP contribution in [0.4, 0.5) is 0 Å². The zero-order valence-electron chi connectivity index (χ0n) is 16.3. The van der Waals surface area contributed by atoms with Gasteiger partial charge in [0.25, 0.3) is 10.1 Å². The van der Waals surface area contributed by atoms with Gasteiger partial charge in [0.1, 0.15) is 0 Å². The standard InChI is InChI=1S/C21H36O3S/c1-4-5-6-7-8-9-10-11-12-13-14-19(2)20-15-17-21(18-16-20)25(22,23)24-3/h15-19H,4-14H2,1-3H3. The van der Waals surface area contributed by atoms with Gasteiger partial charge in [0.2, 0.25) is 0 Å². The fourth-order valence-corrected chi connectivity index (χ4v) is 3.83. The molecule has 0 radical (unpaired) electrons. The van der Waals surface area contributed by atoms with Crippen molar-refractivity contribution in [3.05, 3.63) is 29.8 Å². The van der Waals surface area contributed by atoms with Crippen molar-refractivity contribution in [2.45, 2.75) is 95.3 Å². The summed E-state index contributed by atoms with van der Waals surface area (Å²) in [4.78, 5) is 0.227. The number of benzene rings is 1. The summed E-state index contributed by atoms with van der Waals surface area (Å²) in [5, 5.41) is 0. The van der Waals surface area contributed by atoms with Crippen LogP contribution in [0, 0.1) is 0 Å². The van der Waals surface area contributed by atoms with Crippen molar-refractivity contribution in [1.29, 1.82) is 0 Å². The molecule has 3 nitrogen and oxygen atoms in total. The molecule has 0 saturated carbocycles. The van der Waals surface area contributed by atoms with Crippen molar-refractivity contribution in [3.63, 3.8) is 0 Å². The second-order valence-electron chi connectivity index (χ2n) is 7.06. The average Bonchev–Trinajstić information content (AvgIpc) is 2.63. The van der Waals surface area contributed by atoms with Gasteiger partial charge in [-0.1, -0.05) is 90.2 Å². The fraction of sp³-hybridized carbons (Fsp3) is 0.714. The molecule has 0 spiro atoms. The van der Waals surface area contributed by atoms with E-state index < -0.39 is 10.1 Å². The Morgan fingerprint density at radius 1 is 0.840 bits per heavy atom. The Hall–Kier alpha value is -0.870. The Labute approximate surface area is 155 Å². The SMILES string of the molecule is CCCCCCCCCCCCC(C)c1ccc(S(=O)(=O)OC)cc1. The molecular formula is C21H36O3S. The molecular weight excluding hydrogens is 332 g/mol. The molecule has 0 heterocycles. The Morgan fingerprint density at radius 2 is 1.32 bits per heavy atom. The van der Waals surface area contributed by atoms with E-state index in [-0.39, 0.29) is 4.90 Å². The highest BCUT2D eigenvalue weighted by Gasteiger charge is 2.13. The molecule has 0 aliphatic heterocycles. The summed E-state index contributed by atoms with van der Waals surface area (Å²) in [6.45, 7) is 4.48. The molecule has 0 N–H and O–H groups in total. The molecule has 1 aromatic carbocycles. The predicted octanol–water partition coefficient (Wildman–Crippen LogP) is 6.44. The quantitative estimate of drug-likeness (QED) is 0.280.